The fourth-order valence-corrected chi connectivity index (χ4v) is 3.13. The Labute approximate surface area is 119 Å². The highest BCUT2D eigenvalue weighted by molar-refractivity contribution is 7.18. The van der Waals surface area contributed by atoms with Crippen LogP contribution in [-0.4, -0.2) is 15.6 Å². The van der Waals surface area contributed by atoms with Crippen LogP contribution in [0.15, 0.2) is 42.6 Å². The molecule has 3 aromatic rings. The first kappa shape index (κ1) is 12.4. The van der Waals surface area contributed by atoms with Crippen LogP contribution >= 0.6 is 22.9 Å². The molecular weight excluding hydrogens is 280 g/mol. The molecule has 0 fully saturated rings. The molecule has 0 N–H and O–H groups in total. The number of benzene rings is 1. The zero-order valence-electron chi connectivity index (χ0n) is 10.2. The highest BCUT2D eigenvalue weighted by Gasteiger charge is 2.20. The minimum atomic E-state index is -0.338. The van der Waals surface area contributed by atoms with Crippen molar-refractivity contribution in [2.45, 2.75) is 13.0 Å². The largest absolute Gasteiger partial charge is 0.291 e. The standard InChI is InChI=1S/C14H11ClN2OS/c1-9(14(18)12-6-7-13(15)19-12)17-11-5-3-2-4-10(11)8-16-17/h2-9H,1H3. The molecule has 3 rings (SSSR count). The molecule has 0 saturated heterocycles. The second-order valence-electron chi connectivity index (χ2n) is 4.29. The zero-order chi connectivity index (χ0) is 13.4. The number of thiophene rings is 1. The molecule has 96 valence electrons. The molecule has 3 nitrogen and oxygen atoms in total. The van der Waals surface area contributed by atoms with Gasteiger partial charge in [-0.25, -0.2) is 0 Å². The zero-order valence-corrected chi connectivity index (χ0v) is 11.8. The van der Waals surface area contributed by atoms with Gasteiger partial charge in [-0.1, -0.05) is 29.8 Å². The summed E-state index contributed by atoms with van der Waals surface area (Å²) in [6.45, 7) is 1.86. The molecule has 1 aromatic carbocycles. The van der Waals surface area contributed by atoms with Gasteiger partial charge in [-0.2, -0.15) is 5.10 Å². The summed E-state index contributed by atoms with van der Waals surface area (Å²) in [7, 11) is 0. The molecule has 2 aromatic heterocycles. The quantitative estimate of drug-likeness (QED) is 0.678. The van der Waals surface area contributed by atoms with Crippen LogP contribution in [0.1, 0.15) is 22.6 Å². The van der Waals surface area contributed by atoms with Gasteiger partial charge in [-0.05, 0) is 25.1 Å². The van der Waals surface area contributed by atoms with Crippen LogP contribution in [0.5, 0.6) is 0 Å². The Morgan fingerprint density at radius 3 is 2.84 bits per heavy atom. The molecule has 0 aliphatic heterocycles. The van der Waals surface area contributed by atoms with E-state index in [1.54, 1.807) is 23.0 Å². The number of Topliss-reactive ketones (excluding diaryl/α,β-unsaturated/α-hetero) is 1. The van der Waals surface area contributed by atoms with Crippen molar-refractivity contribution in [3.8, 4) is 0 Å². The third-order valence-corrected chi connectivity index (χ3v) is 4.31. The van der Waals surface area contributed by atoms with E-state index >= 15 is 0 Å². The van der Waals surface area contributed by atoms with Crippen molar-refractivity contribution < 1.29 is 4.79 Å². The van der Waals surface area contributed by atoms with E-state index in [9.17, 15) is 4.79 Å². The van der Waals surface area contributed by atoms with Gasteiger partial charge in [0.2, 0.25) is 0 Å². The molecule has 5 heteroatoms. The summed E-state index contributed by atoms with van der Waals surface area (Å²) in [5, 5.41) is 5.35. The van der Waals surface area contributed by atoms with Gasteiger partial charge in [0.15, 0.2) is 5.78 Å². The first-order valence-electron chi connectivity index (χ1n) is 5.88. The maximum absolute atomic E-state index is 12.4. The maximum atomic E-state index is 12.4. The van der Waals surface area contributed by atoms with Crippen LogP contribution < -0.4 is 0 Å². The average molecular weight is 291 g/mol. The van der Waals surface area contributed by atoms with Gasteiger partial charge in [0, 0.05) is 5.39 Å². The lowest BCUT2D eigenvalue weighted by Crippen LogP contribution is -2.16. The summed E-state index contributed by atoms with van der Waals surface area (Å²) in [5.74, 6) is 0.0331. The monoisotopic (exact) mass is 290 g/mol. The Hall–Kier alpha value is -1.65. The van der Waals surface area contributed by atoms with Crippen LogP contribution in [0.4, 0.5) is 0 Å². The number of carbonyl (C=O) groups excluding carboxylic acids is 1. The summed E-state index contributed by atoms with van der Waals surface area (Å²) in [6.07, 6.45) is 1.78. The van der Waals surface area contributed by atoms with Crippen molar-refractivity contribution in [1.82, 2.24) is 9.78 Å². The molecule has 0 saturated carbocycles. The van der Waals surface area contributed by atoms with Gasteiger partial charge in [-0.3, -0.25) is 9.48 Å². The van der Waals surface area contributed by atoms with E-state index in [4.69, 9.17) is 11.6 Å². The number of para-hydroxylation sites is 1. The van der Waals surface area contributed by atoms with Gasteiger partial charge in [-0.15, -0.1) is 11.3 Å². The predicted octanol–water partition coefficient (Wildman–Crippen LogP) is 4.20. The summed E-state index contributed by atoms with van der Waals surface area (Å²) in [4.78, 5) is 13.1. The van der Waals surface area contributed by atoms with E-state index in [0.29, 0.717) is 9.21 Å². The van der Waals surface area contributed by atoms with Gasteiger partial charge in [0.05, 0.1) is 20.9 Å². The Morgan fingerprint density at radius 1 is 1.32 bits per heavy atom. The minimum Gasteiger partial charge on any atom is -0.291 e. The fraction of sp³-hybridized carbons (Fsp3) is 0.143. The van der Waals surface area contributed by atoms with E-state index in [2.05, 4.69) is 5.10 Å². The minimum absolute atomic E-state index is 0.0331. The molecule has 0 radical (unpaired) electrons. The summed E-state index contributed by atoms with van der Waals surface area (Å²) < 4.78 is 2.38. The van der Waals surface area contributed by atoms with Crippen molar-refractivity contribution in [2.75, 3.05) is 0 Å². The topological polar surface area (TPSA) is 34.9 Å². The molecule has 0 spiro atoms. The molecule has 2 heterocycles. The van der Waals surface area contributed by atoms with Crippen LogP contribution in [0.3, 0.4) is 0 Å². The second kappa shape index (κ2) is 4.79. The predicted molar refractivity (Wildman–Crippen MR) is 78.1 cm³/mol. The van der Waals surface area contributed by atoms with Gasteiger partial charge >= 0.3 is 0 Å². The first-order chi connectivity index (χ1) is 9.16. The molecule has 0 amide bonds. The molecule has 19 heavy (non-hydrogen) atoms. The fourth-order valence-electron chi connectivity index (χ4n) is 2.06. The van der Waals surface area contributed by atoms with Crippen LogP contribution in [0, 0.1) is 0 Å². The summed E-state index contributed by atoms with van der Waals surface area (Å²) in [6, 6.07) is 11.0. The van der Waals surface area contributed by atoms with Gasteiger partial charge in [0.25, 0.3) is 0 Å². The number of fused-ring (bicyclic) bond motifs is 1. The van der Waals surface area contributed by atoms with E-state index in [0.717, 1.165) is 10.9 Å². The van der Waals surface area contributed by atoms with Crippen molar-refractivity contribution >= 4 is 39.6 Å². The Morgan fingerprint density at radius 2 is 2.11 bits per heavy atom. The van der Waals surface area contributed by atoms with Crippen molar-refractivity contribution in [3.63, 3.8) is 0 Å². The number of aromatic nitrogens is 2. The Balaban J connectivity index is 2.00. The third kappa shape index (κ3) is 2.17. The lowest BCUT2D eigenvalue weighted by atomic mass is 10.2. The second-order valence-corrected chi connectivity index (χ2v) is 6.01. The first-order valence-corrected chi connectivity index (χ1v) is 7.08. The molecule has 1 atom stereocenters. The molecule has 1 unspecified atom stereocenters. The van der Waals surface area contributed by atoms with Crippen molar-refractivity contribution in [1.29, 1.82) is 0 Å². The lowest BCUT2D eigenvalue weighted by Gasteiger charge is -2.11. The van der Waals surface area contributed by atoms with Crippen molar-refractivity contribution in [2.24, 2.45) is 0 Å². The van der Waals surface area contributed by atoms with E-state index in [1.807, 2.05) is 31.2 Å². The smallest absolute Gasteiger partial charge is 0.197 e. The van der Waals surface area contributed by atoms with Gasteiger partial charge in [0.1, 0.15) is 6.04 Å². The van der Waals surface area contributed by atoms with E-state index in [1.165, 1.54) is 11.3 Å². The average Bonchev–Trinajstić information content (AvgIpc) is 3.03. The number of hydrogen-bond donors (Lipinski definition) is 0. The molecule has 0 aliphatic rings. The van der Waals surface area contributed by atoms with Crippen LogP contribution in [-0.2, 0) is 0 Å². The third-order valence-electron chi connectivity index (χ3n) is 3.07. The Bertz CT molecular complexity index is 747. The lowest BCUT2D eigenvalue weighted by molar-refractivity contribution is 0.0934. The molecular formula is C14H11ClN2OS. The molecule has 0 bridgehead atoms. The van der Waals surface area contributed by atoms with Crippen molar-refractivity contribution in [3.05, 3.63) is 51.8 Å². The highest BCUT2D eigenvalue weighted by Crippen LogP contribution is 2.26. The number of nitrogens with zero attached hydrogens (tertiary/aromatic N) is 2. The van der Waals surface area contributed by atoms with E-state index in [-0.39, 0.29) is 11.8 Å². The SMILES string of the molecule is CC(C(=O)c1ccc(Cl)s1)n1ncc2ccccc21. The normalized spacial score (nSPS) is 12.7. The summed E-state index contributed by atoms with van der Waals surface area (Å²) >= 11 is 7.17. The number of ketones is 1. The van der Waals surface area contributed by atoms with Crippen LogP contribution in [0.2, 0.25) is 4.34 Å². The summed E-state index contributed by atoms with van der Waals surface area (Å²) in [5.41, 5.74) is 0.964. The number of halogens is 1. The van der Waals surface area contributed by atoms with Gasteiger partial charge < -0.3 is 0 Å². The van der Waals surface area contributed by atoms with Crippen LogP contribution in [0.25, 0.3) is 10.9 Å². The van der Waals surface area contributed by atoms with E-state index < -0.39 is 0 Å². The maximum Gasteiger partial charge on any atom is 0.197 e. The number of carbonyl (C=O) groups is 1. The number of hydrogen-bond acceptors (Lipinski definition) is 3. The molecule has 0 aliphatic carbocycles. The number of rotatable bonds is 3. The highest BCUT2D eigenvalue weighted by atomic mass is 35.5. The Kier molecular flexibility index (Phi) is 3.12.